The summed E-state index contributed by atoms with van der Waals surface area (Å²) in [5.41, 5.74) is 1.49. The van der Waals surface area contributed by atoms with Crippen molar-refractivity contribution in [2.24, 2.45) is 0 Å². The van der Waals surface area contributed by atoms with Crippen LogP contribution in [0.1, 0.15) is 24.0 Å². The third kappa shape index (κ3) is 5.98. The Balaban J connectivity index is 1.22. The molecule has 2 N–H and O–H groups in total. The highest BCUT2D eigenvalue weighted by Gasteiger charge is 2.51. The highest BCUT2D eigenvalue weighted by Crippen LogP contribution is 2.36. The molecular weight excluding hydrogens is 510 g/mol. The van der Waals surface area contributed by atoms with E-state index < -0.39 is 23.4 Å². The fourth-order valence-electron chi connectivity index (χ4n) is 5.00. The summed E-state index contributed by atoms with van der Waals surface area (Å²) in [7, 11) is 0. The molecule has 0 bridgehead atoms. The maximum atomic E-state index is 13.8. The molecule has 2 aliphatic rings. The number of hydrogen-bond donors (Lipinski definition) is 2. The smallest absolute Gasteiger partial charge is 0.358 e. The fourth-order valence-corrected chi connectivity index (χ4v) is 5.55. The number of carbonyl (C=O) groups excluding carboxylic acids is 2. The SMILES string of the molecule is O=C(Nc1ccc(F)cc1F)OSN1CCC2(CC1)NC(Cc1ccccc1)C(=O)N2Cc1ccccc1. The summed E-state index contributed by atoms with van der Waals surface area (Å²) in [5, 5.41) is 5.93. The molecule has 2 heterocycles. The Morgan fingerprint density at radius 2 is 1.66 bits per heavy atom. The van der Waals surface area contributed by atoms with Gasteiger partial charge in [-0.2, -0.15) is 0 Å². The van der Waals surface area contributed by atoms with Gasteiger partial charge in [-0.3, -0.25) is 15.4 Å². The molecule has 0 saturated carbocycles. The second kappa shape index (κ2) is 11.5. The van der Waals surface area contributed by atoms with Crippen LogP contribution < -0.4 is 10.6 Å². The van der Waals surface area contributed by atoms with Crippen LogP contribution in [0.3, 0.4) is 0 Å². The Bertz CT molecular complexity index is 1270. The van der Waals surface area contributed by atoms with E-state index in [4.69, 9.17) is 4.18 Å². The third-order valence-electron chi connectivity index (χ3n) is 6.93. The lowest BCUT2D eigenvalue weighted by Crippen LogP contribution is -2.57. The molecule has 3 aromatic carbocycles. The molecule has 2 fully saturated rings. The Morgan fingerprint density at radius 1 is 1.00 bits per heavy atom. The molecule has 10 heteroatoms. The van der Waals surface area contributed by atoms with Crippen molar-refractivity contribution < 1.29 is 22.6 Å². The van der Waals surface area contributed by atoms with Crippen LogP contribution in [-0.4, -0.2) is 46.0 Å². The van der Waals surface area contributed by atoms with Gasteiger partial charge < -0.3 is 9.08 Å². The van der Waals surface area contributed by atoms with E-state index in [1.165, 1.54) is 0 Å². The lowest BCUT2D eigenvalue weighted by atomic mass is 9.96. The quantitative estimate of drug-likeness (QED) is 0.322. The molecule has 1 atom stereocenters. The van der Waals surface area contributed by atoms with Gasteiger partial charge in [0.1, 0.15) is 11.6 Å². The van der Waals surface area contributed by atoms with E-state index in [1.807, 2.05) is 69.9 Å². The van der Waals surface area contributed by atoms with Crippen molar-refractivity contribution in [2.75, 3.05) is 18.4 Å². The lowest BCUT2D eigenvalue weighted by Gasteiger charge is -2.43. The number of piperidine rings is 1. The second-order valence-corrected chi connectivity index (χ2v) is 10.3. The van der Waals surface area contributed by atoms with E-state index in [0.29, 0.717) is 45.0 Å². The average molecular weight is 539 g/mol. The van der Waals surface area contributed by atoms with Gasteiger partial charge in [-0.1, -0.05) is 60.7 Å². The Labute approximate surface area is 224 Å². The predicted molar refractivity (Wildman–Crippen MR) is 142 cm³/mol. The van der Waals surface area contributed by atoms with Crippen LogP contribution in [0.2, 0.25) is 0 Å². The summed E-state index contributed by atoms with van der Waals surface area (Å²) < 4.78 is 34.0. The first-order valence-corrected chi connectivity index (χ1v) is 13.1. The number of nitrogens with one attached hydrogen (secondary N) is 2. The zero-order valence-electron chi connectivity index (χ0n) is 20.6. The van der Waals surface area contributed by atoms with E-state index in [1.54, 1.807) is 0 Å². The molecule has 7 nitrogen and oxygen atoms in total. The Kier molecular flexibility index (Phi) is 7.92. The van der Waals surface area contributed by atoms with Crippen LogP contribution >= 0.6 is 12.2 Å². The number of amides is 2. The summed E-state index contributed by atoms with van der Waals surface area (Å²) in [6, 6.07) is 22.5. The van der Waals surface area contributed by atoms with Crippen molar-refractivity contribution in [2.45, 2.75) is 37.5 Å². The minimum Gasteiger partial charge on any atom is -0.358 e. The zero-order chi connectivity index (χ0) is 26.5. The number of anilines is 1. The third-order valence-corrected chi connectivity index (χ3v) is 7.73. The molecule has 3 aromatic rings. The Hall–Kier alpha value is -3.47. The fraction of sp³-hybridized carbons (Fsp3) is 0.286. The van der Waals surface area contributed by atoms with Crippen molar-refractivity contribution in [1.29, 1.82) is 0 Å². The van der Waals surface area contributed by atoms with Crippen molar-refractivity contribution >= 4 is 29.9 Å². The van der Waals surface area contributed by atoms with E-state index >= 15 is 0 Å². The molecular formula is C28H28F2N4O3S. The van der Waals surface area contributed by atoms with Crippen LogP contribution in [0.15, 0.2) is 78.9 Å². The monoisotopic (exact) mass is 538 g/mol. The predicted octanol–water partition coefficient (Wildman–Crippen LogP) is 5.11. The van der Waals surface area contributed by atoms with E-state index in [9.17, 15) is 18.4 Å². The number of benzene rings is 3. The van der Waals surface area contributed by atoms with Crippen molar-refractivity contribution in [3.8, 4) is 0 Å². The number of nitrogens with zero attached hydrogens (tertiary/aromatic N) is 2. The highest BCUT2D eigenvalue weighted by molar-refractivity contribution is 7.92. The van der Waals surface area contributed by atoms with Crippen LogP contribution in [0.5, 0.6) is 0 Å². The lowest BCUT2D eigenvalue weighted by molar-refractivity contribution is -0.134. The second-order valence-electron chi connectivity index (χ2n) is 9.45. The largest absolute Gasteiger partial charge is 0.425 e. The summed E-state index contributed by atoms with van der Waals surface area (Å²) in [4.78, 5) is 27.7. The maximum Gasteiger partial charge on any atom is 0.425 e. The first kappa shape index (κ1) is 26.1. The molecule has 2 aliphatic heterocycles. The number of halogens is 2. The van der Waals surface area contributed by atoms with Crippen LogP contribution in [0, 0.1) is 11.6 Å². The summed E-state index contributed by atoms with van der Waals surface area (Å²) in [5.74, 6) is -1.53. The Morgan fingerprint density at radius 3 is 2.32 bits per heavy atom. The van der Waals surface area contributed by atoms with Gasteiger partial charge >= 0.3 is 6.09 Å². The van der Waals surface area contributed by atoms with E-state index in [-0.39, 0.29) is 17.6 Å². The number of hydrogen-bond acceptors (Lipinski definition) is 6. The van der Waals surface area contributed by atoms with Gasteiger partial charge in [-0.15, -0.1) is 0 Å². The maximum absolute atomic E-state index is 13.8. The van der Waals surface area contributed by atoms with Gasteiger partial charge in [-0.05, 0) is 42.5 Å². The van der Waals surface area contributed by atoms with E-state index in [0.717, 1.165) is 35.5 Å². The number of carbonyl (C=O) groups is 2. The van der Waals surface area contributed by atoms with Crippen LogP contribution in [0.4, 0.5) is 19.3 Å². The van der Waals surface area contributed by atoms with Gasteiger partial charge in [0.15, 0.2) is 12.2 Å². The van der Waals surface area contributed by atoms with Crippen molar-refractivity contribution in [1.82, 2.24) is 14.5 Å². The van der Waals surface area contributed by atoms with Crippen molar-refractivity contribution in [3.63, 3.8) is 0 Å². The van der Waals surface area contributed by atoms with Crippen LogP contribution in [0.25, 0.3) is 0 Å². The zero-order valence-corrected chi connectivity index (χ0v) is 21.4. The summed E-state index contributed by atoms with van der Waals surface area (Å²) >= 11 is 0.879. The van der Waals surface area contributed by atoms with E-state index in [2.05, 4.69) is 10.6 Å². The van der Waals surface area contributed by atoms with Gasteiger partial charge in [0.2, 0.25) is 5.91 Å². The molecule has 1 spiro atoms. The minimum absolute atomic E-state index is 0.0794. The highest BCUT2D eigenvalue weighted by atomic mass is 32.2. The molecule has 0 aliphatic carbocycles. The number of rotatable bonds is 7. The topological polar surface area (TPSA) is 73.9 Å². The summed E-state index contributed by atoms with van der Waals surface area (Å²) in [6.07, 6.45) is 1.03. The van der Waals surface area contributed by atoms with Gasteiger partial charge in [0.25, 0.3) is 0 Å². The van der Waals surface area contributed by atoms with Crippen LogP contribution in [-0.2, 0) is 21.9 Å². The van der Waals surface area contributed by atoms with Gasteiger partial charge in [0.05, 0.1) is 17.4 Å². The first-order chi connectivity index (χ1) is 18.4. The minimum atomic E-state index is -0.882. The molecule has 5 rings (SSSR count). The standard InChI is InChI=1S/C28H28F2N4O3S/c29-22-11-12-24(23(30)18-22)31-27(36)37-38-33-15-13-28(14-16-33)32-25(17-20-7-3-1-4-8-20)26(35)34(28)19-21-9-5-2-6-10-21/h1-12,18,25,32H,13-17,19H2,(H,31,36). The molecule has 38 heavy (non-hydrogen) atoms. The molecule has 2 amide bonds. The van der Waals surface area contributed by atoms with Gasteiger partial charge in [0, 0.05) is 25.7 Å². The summed E-state index contributed by atoms with van der Waals surface area (Å²) in [6.45, 7) is 1.63. The first-order valence-electron chi connectivity index (χ1n) is 12.4. The molecule has 0 radical (unpaired) electrons. The molecule has 0 aromatic heterocycles. The molecule has 2 saturated heterocycles. The normalized spacial score (nSPS) is 19.1. The van der Waals surface area contributed by atoms with Gasteiger partial charge in [-0.25, -0.2) is 17.9 Å². The molecule has 198 valence electrons. The molecule has 1 unspecified atom stereocenters. The average Bonchev–Trinajstić information content (AvgIpc) is 3.16. The van der Waals surface area contributed by atoms with Crippen molar-refractivity contribution in [3.05, 3.63) is 102 Å².